The van der Waals surface area contributed by atoms with E-state index in [0.717, 1.165) is 13.1 Å². The molecule has 1 heterocycles. The van der Waals surface area contributed by atoms with Gasteiger partial charge in [-0.25, -0.2) is 0 Å². The minimum Gasteiger partial charge on any atom is -0.316 e. The molecule has 122 valence electrons. The molecule has 0 aliphatic carbocycles. The maximum atomic E-state index is 4.50. The van der Waals surface area contributed by atoms with Crippen molar-refractivity contribution < 1.29 is 0 Å². The second-order valence-corrected chi connectivity index (χ2v) is 6.19. The lowest BCUT2D eigenvalue weighted by Gasteiger charge is -2.10. The summed E-state index contributed by atoms with van der Waals surface area (Å²) in [6, 6.07) is 13.0. The molecular formula is C19H24ClN3. The van der Waals surface area contributed by atoms with Crippen LogP contribution < -0.4 is 5.32 Å². The van der Waals surface area contributed by atoms with Crippen LogP contribution in [0.15, 0.2) is 48.8 Å². The second-order valence-electron chi connectivity index (χ2n) is 6.19. The molecule has 0 amide bonds. The fraction of sp³-hybridized carbons (Fsp3) is 0.316. The van der Waals surface area contributed by atoms with Crippen molar-refractivity contribution in [2.75, 3.05) is 7.05 Å². The predicted molar refractivity (Wildman–Crippen MR) is 100 cm³/mol. The molecule has 1 N–H and O–H groups in total. The van der Waals surface area contributed by atoms with Gasteiger partial charge < -0.3 is 5.32 Å². The molecule has 3 rings (SSSR count). The molecule has 1 aromatic heterocycles. The summed E-state index contributed by atoms with van der Waals surface area (Å²) in [4.78, 5) is 0. The van der Waals surface area contributed by atoms with E-state index in [1.54, 1.807) is 0 Å². The number of nitrogens with one attached hydrogen (secondary N) is 1. The lowest BCUT2D eigenvalue weighted by atomic mass is 9.96. The molecule has 0 radical (unpaired) electrons. The third-order valence-electron chi connectivity index (χ3n) is 3.88. The zero-order chi connectivity index (χ0) is 15.5. The summed E-state index contributed by atoms with van der Waals surface area (Å²) in [7, 11) is 1.98. The van der Waals surface area contributed by atoms with E-state index in [4.69, 9.17) is 0 Å². The van der Waals surface area contributed by atoms with Crippen LogP contribution in [0.5, 0.6) is 0 Å². The van der Waals surface area contributed by atoms with Crippen molar-refractivity contribution in [3.05, 3.63) is 54.4 Å². The standard InChI is InChI=1S/C19H23N3.ClH/c1-14(2)12-22-13-16(11-21-22)18-9-8-15(10-20-3)17-6-4-5-7-19(17)18;/h4-9,11,13-14,20H,10,12H2,1-3H3;1H. The van der Waals surface area contributed by atoms with E-state index in [1.807, 2.05) is 17.9 Å². The van der Waals surface area contributed by atoms with E-state index in [2.05, 4.69) is 66.9 Å². The molecule has 0 unspecified atom stereocenters. The fourth-order valence-electron chi connectivity index (χ4n) is 2.93. The molecule has 0 bridgehead atoms. The molecule has 3 aromatic rings. The molecule has 0 fully saturated rings. The maximum Gasteiger partial charge on any atom is 0.0568 e. The number of fused-ring (bicyclic) bond motifs is 1. The topological polar surface area (TPSA) is 29.9 Å². The molecule has 0 aliphatic heterocycles. The summed E-state index contributed by atoms with van der Waals surface area (Å²) in [6.07, 6.45) is 4.13. The Morgan fingerprint density at radius 1 is 1.09 bits per heavy atom. The third kappa shape index (κ3) is 3.74. The highest BCUT2D eigenvalue weighted by atomic mass is 35.5. The summed E-state index contributed by atoms with van der Waals surface area (Å²) < 4.78 is 2.04. The molecule has 0 aliphatic rings. The number of nitrogens with zero attached hydrogens (tertiary/aromatic N) is 2. The summed E-state index contributed by atoms with van der Waals surface area (Å²) in [5.74, 6) is 0.600. The smallest absolute Gasteiger partial charge is 0.0568 e. The normalized spacial score (nSPS) is 11.0. The number of aromatic nitrogens is 2. The Hall–Kier alpha value is -1.84. The van der Waals surface area contributed by atoms with Crippen LogP contribution in [0.2, 0.25) is 0 Å². The van der Waals surface area contributed by atoms with Gasteiger partial charge in [-0.05, 0) is 34.9 Å². The van der Waals surface area contributed by atoms with Gasteiger partial charge in [0.2, 0.25) is 0 Å². The van der Waals surface area contributed by atoms with Gasteiger partial charge >= 0.3 is 0 Å². The zero-order valence-electron chi connectivity index (χ0n) is 13.9. The van der Waals surface area contributed by atoms with Gasteiger partial charge in [0.1, 0.15) is 0 Å². The van der Waals surface area contributed by atoms with E-state index in [9.17, 15) is 0 Å². The molecule has 0 saturated heterocycles. The molecule has 3 nitrogen and oxygen atoms in total. The lowest BCUT2D eigenvalue weighted by molar-refractivity contribution is 0.483. The first-order chi connectivity index (χ1) is 10.7. The average Bonchev–Trinajstić information content (AvgIpc) is 2.95. The lowest BCUT2D eigenvalue weighted by Crippen LogP contribution is -2.05. The van der Waals surface area contributed by atoms with Gasteiger partial charge in [0, 0.05) is 24.8 Å². The minimum absolute atomic E-state index is 0. The molecule has 0 atom stereocenters. The molecule has 23 heavy (non-hydrogen) atoms. The zero-order valence-corrected chi connectivity index (χ0v) is 14.7. The highest BCUT2D eigenvalue weighted by Gasteiger charge is 2.09. The van der Waals surface area contributed by atoms with Crippen molar-refractivity contribution in [3.63, 3.8) is 0 Å². The Balaban J connectivity index is 0.00000192. The fourth-order valence-corrected chi connectivity index (χ4v) is 2.93. The molecule has 2 aromatic carbocycles. The van der Waals surface area contributed by atoms with E-state index >= 15 is 0 Å². The van der Waals surface area contributed by atoms with Crippen molar-refractivity contribution >= 4 is 23.2 Å². The van der Waals surface area contributed by atoms with Gasteiger partial charge in [-0.1, -0.05) is 50.2 Å². The summed E-state index contributed by atoms with van der Waals surface area (Å²) >= 11 is 0. The van der Waals surface area contributed by atoms with Gasteiger partial charge in [0.05, 0.1) is 6.20 Å². The minimum atomic E-state index is 0. The van der Waals surface area contributed by atoms with Crippen molar-refractivity contribution in [3.8, 4) is 11.1 Å². The Morgan fingerprint density at radius 2 is 1.83 bits per heavy atom. The van der Waals surface area contributed by atoms with Gasteiger partial charge in [-0.3, -0.25) is 4.68 Å². The van der Waals surface area contributed by atoms with Crippen molar-refractivity contribution in [2.24, 2.45) is 5.92 Å². The number of hydrogen-bond donors (Lipinski definition) is 1. The maximum absolute atomic E-state index is 4.50. The molecular weight excluding hydrogens is 306 g/mol. The van der Waals surface area contributed by atoms with Crippen LogP contribution in [0.1, 0.15) is 19.4 Å². The largest absolute Gasteiger partial charge is 0.316 e. The highest BCUT2D eigenvalue weighted by Crippen LogP contribution is 2.30. The first kappa shape index (κ1) is 17.5. The quantitative estimate of drug-likeness (QED) is 0.747. The monoisotopic (exact) mass is 329 g/mol. The number of benzene rings is 2. The van der Waals surface area contributed by atoms with Crippen LogP contribution in [-0.4, -0.2) is 16.8 Å². The van der Waals surface area contributed by atoms with E-state index in [1.165, 1.54) is 27.5 Å². The summed E-state index contributed by atoms with van der Waals surface area (Å²) in [5, 5.41) is 10.3. The average molecular weight is 330 g/mol. The van der Waals surface area contributed by atoms with Gasteiger partial charge in [-0.15, -0.1) is 12.4 Å². The van der Waals surface area contributed by atoms with Crippen LogP contribution in [-0.2, 0) is 13.1 Å². The molecule has 0 saturated carbocycles. The van der Waals surface area contributed by atoms with Crippen molar-refractivity contribution in [1.82, 2.24) is 15.1 Å². The van der Waals surface area contributed by atoms with E-state index in [0.29, 0.717) is 5.92 Å². The number of halogens is 1. The van der Waals surface area contributed by atoms with Gasteiger partial charge in [0.15, 0.2) is 0 Å². The van der Waals surface area contributed by atoms with E-state index < -0.39 is 0 Å². The van der Waals surface area contributed by atoms with Gasteiger partial charge in [0.25, 0.3) is 0 Å². The number of hydrogen-bond acceptors (Lipinski definition) is 2. The van der Waals surface area contributed by atoms with Crippen molar-refractivity contribution in [2.45, 2.75) is 26.9 Å². The van der Waals surface area contributed by atoms with Crippen LogP contribution in [0.4, 0.5) is 0 Å². The molecule has 4 heteroatoms. The van der Waals surface area contributed by atoms with Gasteiger partial charge in [-0.2, -0.15) is 5.10 Å². The molecule has 0 spiro atoms. The van der Waals surface area contributed by atoms with Crippen molar-refractivity contribution in [1.29, 1.82) is 0 Å². The summed E-state index contributed by atoms with van der Waals surface area (Å²) in [6.45, 7) is 6.26. The first-order valence-corrected chi connectivity index (χ1v) is 7.87. The predicted octanol–water partition coefficient (Wildman–Crippen LogP) is 4.50. The highest BCUT2D eigenvalue weighted by molar-refractivity contribution is 5.98. The van der Waals surface area contributed by atoms with Crippen LogP contribution in [0.3, 0.4) is 0 Å². The first-order valence-electron chi connectivity index (χ1n) is 7.87. The van der Waals surface area contributed by atoms with Crippen LogP contribution >= 0.6 is 12.4 Å². The Morgan fingerprint density at radius 3 is 2.52 bits per heavy atom. The number of rotatable bonds is 5. The Labute approximate surface area is 144 Å². The van der Waals surface area contributed by atoms with Crippen LogP contribution in [0, 0.1) is 5.92 Å². The van der Waals surface area contributed by atoms with E-state index in [-0.39, 0.29) is 12.4 Å². The Kier molecular flexibility index (Phi) is 5.80. The SMILES string of the molecule is CNCc1ccc(-c2cnn(CC(C)C)c2)c2ccccc12.Cl. The van der Waals surface area contributed by atoms with Crippen LogP contribution in [0.25, 0.3) is 21.9 Å². The second kappa shape index (κ2) is 7.62. The summed E-state index contributed by atoms with van der Waals surface area (Å²) in [5.41, 5.74) is 3.77. The third-order valence-corrected chi connectivity index (χ3v) is 3.88. The Bertz CT molecular complexity index is 777.